The first kappa shape index (κ1) is 22.8. The van der Waals surface area contributed by atoms with Crippen LogP contribution in [0.5, 0.6) is 0 Å². The summed E-state index contributed by atoms with van der Waals surface area (Å²) in [5.41, 5.74) is 3.44. The fraction of sp³-hybridized carbons (Fsp3) is 0.211. The van der Waals surface area contributed by atoms with Crippen molar-refractivity contribution >= 4 is 55.6 Å². The van der Waals surface area contributed by atoms with Crippen LogP contribution in [0.1, 0.15) is 5.56 Å². The molecule has 5 nitrogen and oxygen atoms in total. The molecule has 0 bridgehead atoms. The summed E-state index contributed by atoms with van der Waals surface area (Å²) >= 11 is 7.42. The Kier molecular flexibility index (Phi) is 7.27. The Morgan fingerprint density at radius 3 is 2.36 bits per heavy atom. The normalized spacial score (nSPS) is 12.3. The van der Waals surface area contributed by atoms with Gasteiger partial charge in [0, 0.05) is 37.1 Å². The third-order valence-corrected chi connectivity index (χ3v) is 7.06. The molecular formula is C19H21BrClN3O2S2. The maximum atomic E-state index is 12.5. The molecule has 0 atom stereocenters. The van der Waals surface area contributed by atoms with Crippen molar-refractivity contribution in [2.75, 3.05) is 14.1 Å². The first-order chi connectivity index (χ1) is 12.7. The van der Waals surface area contributed by atoms with Crippen LogP contribution in [0.4, 0.5) is 5.69 Å². The van der Waals surface area contributed by atoms with E-state index in [1.54, 1.807) is 24.3 Å². The van der Waals surface area contributed by atoms with E-state index in [0.29, 0.717) is 5.02 Å². The van der Waals surface area contributed by atoms with E-state index < -0.39 is 10.0 Å². The third-order valence-electron chi connectivity index (χ3n) is 4.10. The number of rotatable bonds is 4. The first-order valence-corrected chi connectivity index (χ1v) is 10.9. The van der Waals surface area contributed by atoms with Gasteiger partial charge in [0.1, 0.15) is 0 Å². The second-order valence-electron chi connectivity index (χ2n) is 6.37. The Balaban J connectivity index is 0.00000280. The summed E-state index contributed by atoms with van der Waals surface area (Å²) in [4.78, 5) is 5.74. The Labute approximate surface area is 184 Å². The Morgan fingerprint density at radius 1 is 1.11 bits per heavy atom. The number of benzene rings is 2. The largest absolute Gasteiger partial charge is 0.320 e. The molecule has 0 amide bonds. The Hall–Kier alpha value is -1.45. The molecule has 1 heterocycles. The topological polar surface area (TPSA) is 54.7 Å². The van der Waals surface area contributed by atoms with Crippen molar-refractivity contribution in [3.63, 3.8) is 0 Å². The predicted octanol–water partition coefficient (Wildman–Crippen LogP) is 4.78. The summed E-state index contributed by atoms with van der Waals surface area (Å²) in [5, 5.41) is 2.65. The van der Waals surface area contributed by atoms with Crippen molar-refractivity contribution < 1.29 is 8.42 Å². The predicted molar refractivity (Wildman–Crippen MR) is 121 cm³/mol. The minimum Gasteiger partial charge on any atom is -0.320 e. The highest BCUT2D eigenvalue weighted by Crippen LogP contribution is 2.26. The Morgan fingerprint density at radius 2 is 1.75 bits per heavy atom. The highest BCUT2D eigenvalue weighted by molar-refractivity contribution is 8.93. The summed E-state index contributed by atoms with van der Waals surface area (Å²) in [6.07, 6.45) is 0. The van der Waals surface area contributed by atoms with E-state index in [2.05, 4.69) is 4.99 Å². The zero-order valence-corrected chi connectivity index (χ0v) is 20.0. The van der Waals surface area contributed by atoms with Crippen LogP contribution >= 0.6 is 39.9 Å². The van der Waals surface area contributed by atoms with Crippen molar-refractivity contribution in [2.45, 2.75) is 11.8 Å². The molecular weight excluding hydrogens is 482 g/mol. The van der Waals surface area contributed by atoms with Crippen molar-refractivity contribution in [1.29, 1.82) is 0 Å². The van der Waals surface area contributed by atoms with E-state index >= 15 is 0 Å². The van der Waals surface area contributed by atoms with Crippen molar-refractivity contribution in [2.24, 2.45) is 12.0 Å². The standard InChI is InChI=1S/C19H20ClN3O2S2.BrH/c1-13-9-14(11-17(10-13)27(24,25)22(2)3)18-12-26-19(23(18)4)21-16-7-5-15(20)6-8-16;/h5-12H,1-4H3;1H. The number of hydrogen-bond acceptors (Lipinski definition) is 4. The zero-order valence-electron chi connectivity index (χ0n) is 15.9. The summed E-state index contributed by atoms with van der Waals surface area (Å²) in [7, 11) is 1.49. The van der Waals surface area contributed by atoms with Crippen LogP contribution in [0, 0.1) is 6.92 Å². The lowest BCUT2D eigenvalue weighted by atomic mass is 10.1. The first-order valence-electron chi connectivity index (χ1n) is 8.18. The molecule has 9 heteroatoms. The van der Waals surface area contributed by atoms with Gasteiger partial charge in [0.05, 0.1) is 16.3 Å². The van der Waals surface area contributed by atoms with Gasteiger partial charge in [0.15, 0.2) is 4.80 Å². The van der Waals surface area contributed by atoms with Gasteiger partial charge in [-0.3, -0.25) is 0 Å². The molecule has 0 N–H and O–H groups in total. The molecule has 0 aliphatic heterocycles. The number of hydrogen-bond donors (Lipinski definition) is 0. The van der Waals surface area contributed by atoms with Crippen LogP contribution < -0.4 is 4.80 Å². The maximum absolute atomic E-state index is 12.5. The minimum atomic E-state index is -3.50. The number of nitrogens with zero attached hydrogens (tertiary/aromatic N) is 3. The molecule has 2 aromatic carbocycles. The second kappa shape index (κ2) is 8.92. The van der Waals surface area contributed by atoms with Crippen molar-refractivity contribution in [3.05, 3.63) is 63.2 Å². The number of sulfonamides is 1. The van der Waals surface area contributed by atoms with E-state index in [9.17, 15) is 8.42 Å². The third kappa shape index (κ3) is 4.75. The lowest BCUT2D eigenvalue weighted by Gasteiger charge is -2.13. The van der Waals surface area contributed by atoms with E-state index in [-0.39, 0.29) is 21.9 Å². The van der Waals surface area contributed by atoms with E-state index in [1.807, 2.05) is 42.1 Å². The number of aryl methyl sites for hydroxylation is 1. The van der Waals surface area contributed by atoms with Crippen molar-refractivity contribution in [3.8, 4) is 11.3 Å². The van der Waals surface area contributed by atoms with Gasteiger partial charge < -0.3 is 4.57 Å². The van der Waals surface area contributed by atoms with E-state index in [0.717, 1.165) is 27.3 Å². The van der Waals surface area contributed by atoms with Crippen LogP contribution in [0.25, 0.3) is 11.3 Å². The summed E-state index contributed by atoms with van der Waals surface area (Å²) in [5.74, 6) is 0. The van der Waals surface area contributed by atoms with Crippen molar-refractivity contribution in [1.82, 2.24) is 8.87 Å². The number of thiazole rings is 1. The molecule has 0 aliphatic rings. The quantitative estimate of drug-likeness (QED) is 0.516. The highest BCUT2D eigenvalue weighted by Gasteiger charge is 2.19. The van der Waals surface area contributed by atoms with Gasteiger partial charge in [0.2, 0.25) is 10.0 Å². The molecule has 0 fully saturated rings. The second-order valence-corrected chi connectivity index (χ2v) is 9.80. The van der Waals surface area contributed by atoms with Gasteiger partial charge in [-0.1, -0.05) is 11.6 Å². The summed E-state index contributed by atoms with van der Waals surface area (Å²) < 4.78 is 28.2. The van der Waals surface area contributed by atoms with Crippen LogP contribution in [0.3, 0.4) is 0 Å². The van der Waals surface area contributed by atoms with E-state index in [1.165, 1.54) is 29.7 Å². The highest BCUT2D eigenvalue weighted by atomic mass is 79.9. The van der Waals surface area contributed by atoms with Crippen LogP contribution in [0.2, 0.25) is 5.02 Å². The molecule has 0 saturated heterocycles. The zero-order chi connectivity index (χ0) is 19.8. The molecule has 0 unspecified atom stereocenters. The maximum Gasteiger partial charge on any atom is 0.242 e. The SMILES string of the molecule is Br.Cc1cc(-c2csc(=Nc3ccc(Cl)cc3)n2C)cc(S(=O)(=O)N(C)C)c1. The average Bonchev–Trinajstić information content (AvgIpc) is 2.97. The molecule has 0 aliphatic carbocycles. The van der Waals surface area contributed by atoms with Gasteiger partial charge in [-0.2, -0.15) is 0 Å². The van der Waals surface area contributed by atoms with Gasteiger partial charge in [-0.15, -0.1) is 28.3 Å². The molecule has 150 valence electrons. The van der Waals surface area contributed by atoms with E-state index in [4.69, 9.17) is 11.6 Å². The van der Waals surface area contributed by atoms with Gasteiger partial charge in [0.25, 0.3) is 0 Å². The van der Waals surface area contributed by atoms with Gasteiger partial charge in [-0.05, 0) is 55.0 Å². The molecule has 0 saturated carbocycles. The molecule has 28 heavy (non-hydrogen) atoms. The molecule has 0 spiro atoms. The lowest BCUT2D eigenvalue weighted by Crippen LogP contribution is -2.22. The number of aromatic nitrogens is 1. The van der Waals surface area contributed by atoms with Gasteiger partial charge in [-0.25, -0.2) is 17.7 Å². The fourth-order valence-corrected chi connectivity index (χ4v) is 4.70. The molecule has 3 aromatic rings. The molecule has 1 aromatic heterocycles. The summed E-state index contributed by atoms with van der Waals surface area (Å²) in [6, 6.07) is 12.7. The smallest absolute Gasteiger partial charge is 0.242 e. The monoisotopic (exact) mass is 501 g/mol. The lowest BCUT2D eigenvalue weighted by molar-refractivity contribution is 0.520. The number of halogens is 2. The summed E-state index contributed by atoms with van der Waals surface area (Å²) in [6.45, 7) is 1.89. The minimum absolute atomic E-state index is 0. The van der Waals surface area contributed by atoms with Crippen LogP contribution in [0.15, 0.2) is 57.7 Å². The molecule has 3 rings (SSSR count). The fourth-order valence-electron chi connectivity index (χ4n) is 2.61. The average molecular weight is 503 g/mol. The van der Waals surface area contributed by atoms with Crippen LogP contribution in [-0.2, 0) is 17.1 Å². The van der Waals surface area contributed by atoms with Crippen LogP contribution in [-0.4, -0.2) is 31.4 Å². The van der Waals surface area contributed by atoms with Gasteiger partial charge >= 0.3 is 0 Å². The molecule has 0 radical (unpaired) electrons. The Bertz CT molecular complexity index is 1150.